The minimum Gasteiger partial charge on any atom is -0.462 e. The Balaban J connectivity index is 1.87. The Morgan fingerprint density at radius 2 is 1.91 bits per heavy atom. The van der Waals surface area contributed by atoms with Crippen LogP contribution in [-0.4, -0.2) is 52.8 Å². The molecule has 1 aromatic heterocycles. The number of likely N-dealkylation sites (tertiary alicyclic amines) is 1. The minimum atomic E-state index is -5.01. The molecule has 0 aliphatic carbocycles. The van der Waals surface area contributed by atoms with Crippen LogP contribution in [0.5, 0.6) is 11.8 Å². The number of benzene rings is 1. The summed E-state index contributed by atoms with van der Waals surface area (Å²) in [7, 11) is 0. The standard InChI is InChI=1S/C21H25F4N3O5/c1-5-30-18-26-17(33-27-18)14-8-13(10-28(11-14)19(29)32-20(2,3)4)12-6-7-16(15(22)9-12)31-21(23,24)25/h6-7,9,13-14H,5,8,10-11H2,1-4H3. The number of aromatic nitrogens is 2. The molecule has 12 heteroatoms. The Morgan fingerprint density at radius 3 is 2.52 bits per heavy atom. The molecule has 0 saturated carbocycles. The highest BCUT2D eigenvalue weighted by atomic mass is 19.4. The SMILES string of the molecule is CCOc1noc(C2CC(c3ccc(OC(F)(F)F)c(F)c3)CN(C(=O)OC(C)(C)C)C2)n1. The third-order valence-corrected chi connectivity index (χ3v) is 4.80. The van der Waals surface area contributed by atoms with Gasteiger partial charge in [0.15, 0.2) is 11.6 Å². The zero-order chi connectivity index (χ0) is 24.4. The van der Waals surface area contributed by atoms with Gasteiger partial charge < -0.3 is 23.6 Å². The van der Waals surface area contributed by atoms with E-state index in [-0.39, 0.29) is 25.0 Å². The molecule has 1 aromatic carbocycles. The molecule has 3 rings (SSSR count). The lowest BCUT2D eigenvalue weighted by Gasteiger charge is -2.37. The Morgan fingerprint density at radius 1 is 1.21 bits per heavy atom. The first-order valence-corrected chi connectivity index (χ1v) is 10.3. The van der Waals surface area contributed by atoms with Gasteiger partial charge in [-0.25, -0.2) is 9.18 Å². The van der Waals surface area contributed by atoms with Crippen LogP contribution in [0.2, 0.25) is 0 Å². The summed E-state index contributed by atoms with van der Waals surface area (Å²) in [5, 5.41) is 3.74. The molecule has 0 bridgehead atoms. The van der Waals surface area contributed by atoms with Gasteiger partial charge in [0.2, 0.25) is 5.89 Å². The summed E-state index contributed by atoms with van der Waals surface area (Å²) in [6.45, 7) is 7.65. The summed E-state index contributed by atoms with van der Waals surface area (Å²) in [4.78, 5) is 18.4. The maximum absolute atomic E-state index is 14.3. The van der Waals surface area contributed by atoms with Gasteiger partial charge in [-0.15, -0.1) is 13.2 Å². The molecule has 182 valence electrons. The van der Waals surface area contributed by atoms with Gasteiger partial charge in [0, 0.05) is 19.0 Å². The molecule has 1 amide bonds. The first-order chi connectivity index (χ1) is 15.3. The van der Waals surface area contributed by atoms with E-state index in [2.05, 4.69) is 14.9 Å². The molecule has 0 spiro atoms. The van der Waals surface area contributed by atoms with Gasteiger partial charge in [0.05, 0.1) is 12.5 Å². The molecule has 1 fully saturated rings. The van der Waals surface area contributed by atoms with E-state index in [0.29, 0.717) is 18.6 Å². The van der Waals surface area contributed by atoms with Crippen molar-refractivity contribution in [2.75, 3.05) is 19.7 Å². The molecule has 0 radical (unpaired) electrons. The smallest absolute Gasteiger partial charge is 0.462 e. The highest BCUT2D eigenvalue weighted by molar-refractivity contribution is 5.68. The monoisotopic (exact) mass is 475 g/mol. The first kappa shape index (κ1) is 24.6. The lowest BCUT2D eigenvalue weighted by Crippen LogP contribution is -2.45. The average Bonchev–Trinajstić information content (AvgIpc) is 3.16. The van der Waals surface area contributed by atoms with Crippen LogP contribution in [0.25, 0.3) is 0 Å². The second-order valence-corrected chi connectivity index (χ2v) is 8.60. The Labute approximate surface area is 187 Å². The van der Waals surface area contributed by atoms with Crippen molar-refractivity contribution in [3.05, 3.63) is 35.5 Å². The van der Waals surface area contributed by atoms with E-state index in [4.69, 9.17) is 14.0 Å². The predicted molar refractivity (Wildman–Crippen MR) is 106 cm³/mol. The van der Waals surface area contributed by atoms with Gasteiger partial charge in [-0.2, -0.15) is 4.98 Å². The quantitative estimate of drug-likeness (QED) is 0.562. The number of carbonyl (C=O) groups is 1. The maximum Gasteiger partial charge on any atom is 0.573 e. The molecule has 2 unspecified atom stereocenters. The van der Waals surface area contributed by atoms with E-state index in [1.807, 2.05) is 0 Å². The minimum absolute atomic E-state index is 0.0538. The second-order valence-electron chi connectivity index (χ2n) is 8.60. The Bertz CT molecular complexity index is 974. The van der Waals surface area contributed by atoms with Crippen LogP contribution in [-0.2, 0) is 4.74 Å². The molecule has 1 aliphatic rings. The van der Waals surface area contributed by atoms with Crippen LogP contribution in [0.3, 0.4) is 0 Å². The Kier molecular flexibility index (Phi) is 7.03. The lowest BCUT2D eigenvalue weighted by molar-refractivity contribution is -0.275. The first-order valence-electron chi connectivity index (χ1n) is 10.3. The van der Waals surface area contributed by atoms with Crippen molar-refractivity contribution in [2.24, 2.45) is 0 Å². The number of carbonyl (C=O) groups excluding carboxylic acids is 1. The molecule has 2 atom stereocenters. The fourth-order valence-electron chi connectivity index (χ4n) is 3.55. The normalized spacial score (nSPS) is 19.3. The summed E-state index contributed by atoms with van der Waals surface area (Å²) in [5.41, 5.74) is -0.348. The van der Waals surface area contributed by atoms with E-state index in [1.165, 1.54) is 11.0 Å². The number of alkyl halides is 3. The summed E-state index contributed by atoms with van der Waals surface area (Å²) < 4.78 is 71.4. The molecule has 2 heterocycles. The predicted octanol–water partition coefficient (Wildman–Crippen LogP) is 5.01. The van der Waals surface area contributed by atoms with Crippen LogP contribution < -0.4 is 9.47 Å². The number of nitrogens with zero attached hydrogens (tertiary/aromatic N) is 3. The van der Waals surface area contributed by atoms with Crippen molar-refractivity contribution in [2.45, 2.75) is 57.9 Å². The van der Waals surface area contributed by atoms with Gasteiger partial charge in [-0.1, -0.05) is 6.07 Å². The number of hydrogen-bond acceptors (Lipinski definition) is 7. The van der Waals surface area contributed by atoms with Crippen LogP contribution >= 0.6 is 0 Å². The highest BCUT2D eigenvalue weighted by Gasteiger charge is 2.37. The third-order valence-electron chi connectivity index (χ3n) is 4.80. The molecule has 1 saturated heterocycles. The zero-order valence-corrected chi connectivity index (χ0v) is 18.6. The fraction of sp³-hybridized carbons (Fsp3) is 0.571. The van der Waals surface area contributed by atoms with Crippen LogP contribution in [0.1, 0.15) is 57.4 Å². The average molecular weight is 475 g/mol. The summed E-state index contributed by atoms with van der Waals surface area (Å²) in [6.07, 6.45) is -5.21. The summed E-state index contributed by atoms with van der Waals surface area (Å²) in [5.74, 6) is -2.72. The van der Waals surface area contributed by atoms with Crippen molar-refractivity contribution < 1.29 is 41.1 Å². The summed E-state index contributed by atoms with van der Waals surface area (Å²) >= 11 is 0. The van der Waals surface area contributed by atoms with E-state index in [9.17, 15) is 22.4 Å². The topological polar surface area (TPSA) is 86.9 Å². The molecule has 2 aromatic rings. The molecular weight excluding hydrogens is 450 g/mol. The van der Waals surface area contributed by atoms with Crippen molar-refractivity contribution in [1.29, 1.82) is 0 Å². The van der Waals surface area contributed by atoms with Crippen molar-refractivity contribution in [3.63, 3.8) is 0 Å². The molecule has 0 N–H and O–H groups in total. The number of amides is 1. The van der Waals surface area contributed by atoms with Crippen molar-refractivity contribution in [3.8, 4) is 11.8 Å². The molecule has 8 nitrogen and oxygen atoms in total. The molecular formula is C21H25F4N3O5. The number of halogens is 4. The number of piperidine rings is 1. The highest BCUT2D eigenvalue weighted by Crippen LogP contribution is 2.38. The fourth-order valence-corrected chi connectivity index (χ4v) is 3.55. The van der Waals surface area contributed by atoms with Gasteiger partial charge in [0.25, 0.3) is 0 Å². The van der Waals surface area contributed by atoms with E-state index in [0.717, 1.165) is 12.1 Å². The van der Waals surface area contributed by atoms with Crippen molar-refractivity contribution >= 4 is 6.09 Å². The van der Waals surface area contributed by atoms with Crippen LogP contribution in [0.15, 0.2) is 22.7 Å². The second kappa shape index (κ2) is 9.44. The molecule has 33 heavy (non-hydrogen) atoms. The molecule has 1 aliphatic heterocycles. The van der Waals surface area contributed by atoms with Gasteiger partial charge in [-0.05, 0) is 57.0 Å². The van der Waals surface area contributed by atoms with Gasteiger partial charge in [0.1, 0.15) is 5.60 Å². The zero-order valence-electron chi connectivity index (χ0n) is 18.6. The summed E-state index contributed by atoms with van der Waals surface area (Å²) in [6, 6.07) is 3.28. The number of hydrogen-bond donors (Lipinski definition) is 0. The largest absolute Gasteiger partial charge is 0.573 e. The lowest BCUT2D eigenvalue weighted by atomic mass is 9.84. The van der Waals surface area contributed by atoms with Crippen molar-refractivity contribution in [1.82, 2.24) is 15.0 Å². The van der Waals surface area contributed by atoms with Crippen LogP contribution in [0.4, 0.5) is 22.4 Å². The Hall–Kier alpha value is -3.05. The van der Waals surface area contributed by atoms with E-state index in [1.54, 1.807) is 27.7 Å². The van der Waals surface area contributed by atoms with Gasteiger partial charge in [-0.3, -0.25) is 0 Å². The maximum atomic E-state index is 14.3. The number of rotatable bonds is 5. The van der Waals surface area contributed by atoms with Crippen LogP contribution in [0, 0.1) is 5.82 Å². The third kappa shape index (κ3) is 6.72. The van der Waals surface area contributed by atoms with E-state index >= 15 is 0 Å². The number of ether oxygens (including phenoxy) is 3. The van der Waals surface area contributed by atoms with E-state index < -0.39 is 41.5 Å². The van der Waals surface area contributed by atoms with Gasteiger partial charge >= 0.3 is 18.5 Å².